The molecule has 1 aromatic heterocycles. The fourth-order valence-electron chi connectivity index (χ4n) is 4.10. The van der Waals surface area contributed by atoms with E-state index in [1.807, 2.05) is 31.2 Å². The number of nitrogens with zero attached hydrogens (tertiary/aromatic N) is 1. The average Bonchev–Trinajstić information content (AvgIpc) is 3.25. The predicted octanol–water partition coefficient (Wildman–Crippen LogP) is 1.06. The second-order valence-corrected chi connectivity index (χ2v) is 8.35. The fraction of sp³-hybridized carbons (Fsp3) is 0.400. The number of aliphatic imine (C=N–C) groups is 1. The lowest BCUT2D eigenvalue weighted by molar-refractivity contribution is -0.125. The number of urea groups is 1. The van der Waals surface area contributed by atoms with Gasteiger partial charge in [0.05, 0.1) is 18.0 Å². The predicted molar refractivity (Wildman–Crippen MR) is 117 cm³/mol. The third-order valence-electron chi connectivity index (χ3n) is 5.51. The van der Waals surface area contributed by atoms with Gasteiger partial charge in [-0.2, -0.15) is 0 Å². The molecule has 2 atom stereocenters. The van der Waals surface area contributed by atoms with Crippen LogP contribution >= 0.6 is 11.3 Å². The number of amidine groups is 1. The first-order chi connectivity index (χ1) is 14.5. The number of thiophene rings is 1. The number of anilines is 1. The molecule has 1 spiro atoms. The number of hydrogen-bond acceptors (Lipinski definition) is 7. The Morgan fingerprint density at radius 2 is 2.17 bits per heavy atom. The van der Waals surface area contributed by atoms with Crippen molar-refractivity contribution in [1.29, 1.82) is 0 Å². The van der Waals surface area contributed by atoms with Gasteiger partial charge in [0.1, 0.15) is 10.8 Å². The van der Waals surface area contributed by atoms with E-state index in [1.54, 1.807) is 0 Å². The summed E-state index contributed by atoms with van der Waals surface area (Å²) in [6.07, 6.45) is 0.403. The van der Waals surface area contributed by atoms with Crippen LogP contribution in [0.25, 0.3) is 10.1 Å². The minimum Gasteiger partial charge on any atom is -0.338 e. The zero-order valence-corrected chi connectivity index (χ0v) is 17.4. The van der Waals surface area contributed by atoms with E-state index in [2.05, 4.69) is 26.3 Å². The Balaban J connectivity index is 1.79. The Bertz CT molecular complexity index is 1050. The van der Waals surface area contributed by atoms with Crippen molar-refractivity contribution in [3.63, 3.8) is 0 Å². The molecule has 9 nitrogen and oxygen atoms in total. The molecule has 10 heteroatoms. The largest absolute Gasteiger partial charge is 0.338 e. The second-order valence-electron chi connectivity index (χ2n) is 7.30. The lowest BCUT2D eigenvalue weighted by Gasteiger charge is -2.36. The van der Waals surface area contributed by atoms with E-state index < -0.39 is 11.5 Å². The molecular formula is C20H24N6O3S. The first-order valence-corrected chi connectivity index (χ1v) is 10.7. The van der Waals surface area contributed by atoms with Crippen LogP contribution in [0, 0.1) is 5.92 Å². The third-order valence-corrected chi connectivity index (χ3v) is 6.60. The van der Waals surface area contributed by atoms with Gasteiger partial charge in [-0.25, -0.2) is 4.79 Å². The lowest BCUT2D eigenvalue weighted by atomic mass is 9.74. The number of nitrogens with one attached hydrogen (secondary N) is 4. The summed E-state index contributed by atoms with van der Waals surface area (Å²) in [6.45, 7) is 3.28. The van der Waals surface area contributed by atoms with Crippen LogP contribution in [0.15, 0.2) is 29.3 Å². The number of benzene rings is 1. The van der Waals surface area contributed by atoms with Gasteiger partial charge in [0.15, 0.2) is 11.3 Å². The minimum absolute atomic E-state index is 0.104. The Labute approximate surface area is 177 Å². The summed E-state index contributed by atoms with van der Waals surface area (Å²) in [5, 5.41) is 12.6. The van der Waals surface area contributed by atoms with Gasteiger partial charge in [-0.1, -0.05) is 18.2 Å². The Morgan fingerprint density at radius 1 is 1.37 bits per heavy atom. The number of carbonyl (C=O) groups excluding carboxylic acids is 3. The highest BCUT2D eigenvalue weighted by atomic mass is 32.1. The van der Waals surface area contributed by atoms with Crippen molar-refractivity contribution >= 4 is 50.0 Å². The zero-order valence-electron chi connectivity index (χ0n) is 16.6. The molecule has 2 unspecified atom stereocenters. The molecule has 0 aliphatic carbocycles. The number of amides is 3. The van der Waals surface area contributed by atoms with Crippen LogP contribution < -0.4 is 27.0 Å². The van der Waals surface area contributed by atoms with E-state index in [4.69, 9.17) is 5.73 Å². The van der Waals surface area contributed by atoms with Crippen LogP contribution in [-0.2, 0) is 4.79 Å². The highest BCUT2D eigenvalue weighted by Gasteiger charge is 2.54. The quantitative estimate of drug-likeness (QED) is 0.454. The molecule has 2 aliphatic rings. The lowest BCUT2D eigenvalue weighted by Crippen LogP contribution is -2.57. The molecule has 3 amide bonds. The van der Waals surface area contributed by atoms with Gasteiger partial charge in [0.2, 0.25) is 0 Å². The molecule has 1 fully saturated rings. The minimum atomic E-state index is -1.18. The SMILES string of the molecule is CCNC(=O)Nc1sc2ccccc2c1C(=O)C1CNCCC12N=C(CN)NC2=O. The zero-order chi connectivity index (χ0) is 21.3. The van der Waals surface area contributed by atoms with Crippen molar-refractivity contribution < 1.29 is 14.4 Å². The molecule has 0 saturated carbocycles. The summed E-state index contributed by atoms with van der Waals surface area (Å²) >= 11 is 1.34. The van der Waals surface area contributed by atoms with Crippen molar-refractivity contribution in [3.05, 3.63) is 29.8 Å². The van der Waals surface area contributed by atoms with E-state index in [-0.39, 0.29) is 24.3 Å². The summed E-state index contributed by atoms with van der Waals surface area (Å²) in [7, 11) is 0. The molecule has 6 N–H and O–H groups in total. The molecule has 2 aromatic rings. The van der Waals surface area contributed by atoms with Crippen LogP contribution in [0.4, 0.5) is 9.80 Å². The number of nitrogens with two attached hydrogens (primary N) is 1. The van der Waals surface area contributed by atoms with Crippen molar-refractivity contribution in [2.45, 2.75) is 18.9 Å². The van der Waals surface area contributed by atoms with Crippen molar-refractivity contribution in [3.8, 4) is 0 Å². The maximum absolute atomic E-state index is 13.9. The van der Waals surface area contributed by atoms with Crippen molar-refractivity contribution in [2.75, 3.05) is 31.5 Å². The summed E-state index contributed by atoms with van der Waals surface area (Å²) in [4.78, 5) is 43.5. The molecule has 0 radical (unpaired) electrons. The number of ketones is 1. The van der Waals surface area contributed by atoms with Crippen LogP contribution in [-0.4, -0.2) is 55.3 Å². The molecule has 1 saturated heterocycles. The summed E-state index contributed by atoms with van der Waals surface area (Å²) < 4.78 is 0.882. The van der Waals surface area contributed by atoms with E-state index >= 15 is 0 Å². The third kappa shape index (κ3) is 3.36. The van der Waals surface area contributed by atoms with Gasteiger partial charge in [-0.3, -0.25) is 19.9 Å². The van der Waals surface area contributed by atoms with Gasteiger partial charge in [0.25, 0.3) is 5.91 Å². The maximum Gasteiger partial charge on any atom is 0.319 e. The standard InChI is InChI=1S/C20H24N6O3S/c1-2-23-19(29)25-17-15(11-5-3-4-6-13(11)30-17)16(27)12-10-22-8-7-20(12)18(28)24-14(9-21)26-20/h3-6,12,22H,2,7-10,21H2,1H3,(H2,23,25,29)(H,24,26,28). The summed E-state index contributed by atoms with van der Waals surface area (Å²) in [5.41, 5.74) is 4.92. The number of piperidine rings is 1. The van der Waals surface area contributed by atoms with Gasteiger partial charge in [0, 0.05) is 23.2 Å². The summed E-state index contributed by atoms with van der Waals surface area (Å²) in [5.74, 6) is -0.817. The number of hydrogen-bond donors (Lipinski definition) is 5. The number of rotatable bonds is 5. The van der Waals surface area contributed by atoms with Crippen LogP contribution in [0.3, 0.4) is 0 Å². The van der Waals surface area contributed by atoms with Gasteiger partial charge in [-0.15, -0.1) is 11.3 Å². The Morgan fingerprint density at radius 3 is 2.90 bits per heavy atom. The molecular weight excluding hydrogens is 404 g/mol. The molecule has 1 aromatic carbocycles. The van der Waals surface area contributed by atoms with Crippen LogP contribution in [0.5, 0.6) is 0 Å². The second kappa shape index (κ2) is 8.13. The van der Waals surface area contributed by atoms with E-state index in [9.17, 15) is 14.4 Å². The molecule has 0 bridgehead atoms. The summed E-state index contributed by atoms with van der Waals surface area (Å²) in [6, 6.07) is 7.12. The highest BCUT2D eigenvalue weighted by Crippen LogP contribution is 2.41. The van der Waals surface area contributed by atoms with Crippen LogP contribution in [0.1, 0.15) is 23.7 Å². The van der Waals surface area contributed by atoms with E-state index in [0.29, 0.717) is 42.5 Å². The first-order valence-electron chi connectivity index (χ1n) is 9.91. The Kier molecular flexibility index (Phi) is 5.54. The van der Waals surface area contributed by atoms with Crippen LogP contribution in [0.2, 0.25) is 0 Å². The monoisotopic (exact) mass is 428 g/mol. The van der Waals surface area contributed by atoms with Crippen molar-refractivity contribution in [1.82, 2.24) is 16.0 Å². The fourth-order valence-corrected chi connectivity index (χ4v) is 5.20. The number of Topliss-reactive ketones (excluding diaryl/α,β-unsaturated/α-hetero) is 1. The molecule has 4 rings (SSSR count). The number of carbonyl (C=O) groups is 3. The topological polar surface area (TPSA) is 138 Å². The molecule has 2 aliphatic heterocycles. The Hall–Kier alpha value is -2.82. The van der Waals surface area contributed by atoms with Gasteiger partial charge >= 0.3 is 6.03 Å². The molecule has 30 heavy (non-hydrogen) atoms. The smallest absolute Gasteiger partial charge is 0.319 e. The van der Waals surface area contributed by atoms with E-state index in [0.717, 1.165) is 10.1 Å². The molecule has 158 valence electrons. The van der Waals surface area contributed by atoms with Gasteiger partial charge in [-0.05, 0) is 26.0 Å². The normalized spacial score (nSPS) is 23.3. The maximum atomic E-state index is 13.9. The van der Waals surface area contributed by atoms with Gasteiger partial charge < -0.3 is 21.7 Å². The number of fused-ring (bicyclic) bond motifs is 1. The average molecular weight is 429 g/mol. The first kappa shape index (κ1) is 20.5. The molecule has 3 heterocycles. The highest BCUT2D eigenvalue weighted by molar-refractivity contribution is 7.23. The van der Waals surface area contributed by atoms with E-state index in [1.165, 1.54) is 11.3 Å². The van der Waals surface area contributed by atoms with Crippen molar-refractivity contribution in [2.24, 2.45) is 16.6 Å².